The number of carboxylic acid groups (broad SMARTS) is 1. The molecule has 0 aliphatic carbocycles. The number of carbonyl (C=O) groups excluding carboxylic acids is 1. The van der Waals surface area contributed by atoms with Crippen LogP contribution in [0.5, 0.6) is 5.75 Å². The quantitative estimate of drug-likeness (QED) is 0.379. The van der Waals surface area contributed by atoms with E-state index < -0.39 is 53.0 Å². The molecule has 4 nitrogen and oxygen atoms in total. The van der Waals surface area contributed by atoms with Crippen molar-refractivity contribution in [3.8, 4) is 5.75 Å². The molecule has 1 N–H and O–H groups in total. The molecule has 1 unspecified atom stereocenters. The summed E-state index contributed by atoms with van der Waals surface area (Å²) in [4.78, 5) is 22.6. The summed E-state index contributed by atoms with van der Waals surface area (Å²) in [6.07, 6.45) is -0.252. The fraction of sp³-hybridized carbons (Fsp3) is 0.333. The van der Waals surface area contributed by atoms with Gasteiger partial charge in [0, 0.05) is 0 Å². The number of alkyl halides is 2. The van der Waals surface area contributed by atoms with Crippen molar-refractivity contribution in [3.05, 3.63) is 29.1 Å². The second kappa shape index (κ2) is 6.51. The van der Waals surface area contributed by atoms with Gasteiger partial charge in [0.05, 0.1) is 5.56 Å². The fourth-order valence-electron chi connectivity index (χ4n) is 1.61. The van der Waals surface area contributed by atoms with Gasteiger partial charge in [-0.15, -0.1) is 0 Å². The second-order valence-corrected chi connectivity index (χ2v) is 3.90. The molecule has 0 radical (unpaired) electrons. The number of ether oxygens (including phenoxy) is 1. The van der Waals surface area contributed by atoms with Crippen LogP contribution in [0.3, 0.4) is 0 Å². The third kappa shape index (κ3) is 3.47. The van der Waals surface area contributed by atoms with Gasteiger partial charge in [-0.25, -0.2) is 8.78 Å². The average molecular weight is 312 g/mol. The van der Waals surface area contributed by atoms with Crippen molar-refractivity contribution in [1.29, 1.82) is 0 Å². The molecule has 0 heterocycles. The van der Waals surface area contributed by atoms with Gasteiger partial charge in [-0.05, 0) is 12.5 Å². The van der Waals surface area contributed by atoms with E-state index in [4.69, 9.17) is 5.11 Å². The first-order chi connectivity index (χ1) is 9.70. The first kappa shape index (κ1) is 16.9. The van der Waals surface area contributed by atoms with Crippen molar-refractivity contribution in [3.63, 3.8) is 0 Å². The van der Waals surface area contributed by atoms with Crippen molar-refractivity contribution in [1.82, 2.24) is 0 Å². The van der Waals surface area contributed by atoms with E-state index in [9.17, 15) is 31.5 Å². The van der Waals surface area contributed by atoms with E-state index in [1.165, 1.54) is 6.92 Å². The Morgan fingerprint density at radius 2 is 1.81 bits per heavy atom. The Kier molecular flexibility index (Phi) is 5.23. The van der Waals surface area contributed by atoms with E-state index in [1.54, 1.807) is 0 Å². The van der Waals surface area contributed by atoms with Gasteiger partial charge >= 0.3 is 12.6 Å². The topological polar surface area (TPSA) is 63.6 Å². The number of hydrogen-bond donors (Lipinski definition) is 1. The van der Waals surface area contributed by atoms with Gasteiger partial charge < -0.3 is 9.84 Å². The van der Waals surface area contributed by atoms with Crippen LogP contribution < -0.4 is 4.74 Å². The fourth-order valence-corrected chi connectivity index (χ4v) is 1.61. The molecule has 0 aliphatic rings. The number of carboxylic acids is 1. The Labute approximate surface area is 115 Å². The highest BCUT2D eigenvalue weighted by molar-refractivity contribution is 6.08. The number of rotatable bonds is 6. The smallest absolute Gasteiger partial charge is 0.387 e. The minimum absolute atomic E-state index is 0.108. The number of ketones is 1. The Bertz CT molecular complexity index is 573. The number of halogens is 5. The highest BCUT2D eigenvalue weighted by Gasteiger charge is 2.32. The van der Waals surface area contributed by atoms with E-state index in [2.05, 4.69) is 4.74 Å². The number of benzene rings is 1. The molecule has 0 saturated heterocycles. The molecule has 0 amide bonds. The zero-order chi connectivity index (χ0) is 16.3. The molecule has 0 bridgehead atoms. The number of aliphatic carboxylic acids is 1. The first-order valence-electron chi connectivity index (χ1n) is 5.60. The predicted octanol–water partition coefficient (Wildman–Crippen LogP) is 3.00. The van der Waals surface area contributed by atoms with Crippen LogP contribution in [0.25, 0.3) is 0 Å². The van der Waals surface area contributed by atoms with Crippen LogP contribution in [0, 0.1) is 23.4 Å². The van der Waals surface area contributed by atoms with E-state index in [0.29, 0.717) is 0 Å². The highest BCUT2D eigenvalue weighted by Crippen LogP contribution is 2.30. The molecular formula is C12H9F5O4. The van der Waals surface area contributed by atoms with Crippen molar-refractivity contribution in [2.45, 2.75) is 20.0 Å². The number of Topliss-reactive ketones (excluding diaryl/α,β-unsaturated/α-hetero) is 1. The van der Waals surface area contributed by atoms with Crippen molar-refractivity contribution in [2.24, 2.45) is 5.92 Å². The van der Waals surface area contributed by atoms with Gasteiger partial charge in [-0.1, -0.05) is 6.92 Å². The van der Waals surface area contributed by atoms with Crippen LogP contribution in [0.15, 0.2) is 6.07 Å². The molecule has 0 saturated carbocycles. The molecule has 0 aromatic heterocycles. The summed E-state index contributed by atoms with van der Waals surface area (Å²) in [6, 6.07) is 0.108. The van der Waals surface area contributed by atoms with Crippen LogP contribution in [-0.4, -0.2) is 23.5 Å². The highest BCUT2D eigenvalue weighted by atomic mass is 19.3. The molecule has 0 fully saturated rings. The van der Waals surface area contributed by atoms with Gasteiger partial charge in [-0.3, -0.25) is 9.59 Å². The predicted molar refractivity (Wildman–Crippen MR) is 58.7 cm³/mol. The van der Waals surface area contributed by atoms with Crippen LogP contribution >= 0.6 is 0 Å². The SMILES string of the molecule is CCC(C(=O)O)C(=O)c1cc(F)c(F)c(OC(F)F)c1F. The summed E-state index contributed by atoms with van der Waals surface area (Å²) < 4.78 is 67.8. The summed E-state index contributed by atoms with van der Waals surface area (Å²) in [5.74, 6) is -12.2. The molecular weight excluding hydrogens is 303 g/mol. The Morgan fingerprint density at radius 3 is 2.24 bits per heavy atom. The van der Waals surface area contributed by atoms with Crippen LogP contribution in [-0.2, 0) is 4.79 Å². The maximum atomic E-state index is 13.8. The van der Waals surface area contributed by atoms with Crippen LogP contribution in [0.2, 0.25) is 0 Å². The second-order valence-electron chi connectivity index (χ2n) is 3.90. The third-order valence-corrected chi connectivity index (χ3v) is 2.61. The van der Waals surface area contributed by atoms with Crippen LogP contribution in [0.4, 0.5) is 22.0 Å². The maximum Gasteiger partial charge on any atom is 0.387 e. The van der Waals surface area contributed by atoms with Gasteiger partial charge in [0.15, 0.2) is 17.4 Å². The van der Waals surface area contributed by atoms with Gasteiger partial charge in [0.1, 0.15) is 5.92 Å². The van der Waals surface area contributed by atoms with Crippen molar-refractivity contribution >= 4 is 11.8 Å². The third-order valence-electron chi connectivity index (χ3n) is 2.61. The van der Waals surface area contributed by atoms with E-state index in [0.717, 1.165) is 0 Å². The van der Waals surface area contributed by atoms with Crippen LogP contribution in [0.1, 0.15) is 23.7 Å². The minimum atomic E-state index is -3.65. The number of hydrogen-bond acceptors (Lipinski definition) is 3. The van der Waals surface area contributed by atoms with E-state index in [-0.39, 0.29) is 12.5 Å². The van der Waals surface area contributed by atoms with E-state index in [1.807, 2.05) is 0 Å². The monoisotopic (exact) mass is 312 g/mol. The zero-order valence-corrected chi connectivity index (χ0v) is 10.5. The molecule has 9 heteroatoms. The molecule has 0 aliphatic heterocycles. The molecule has 0 spiro atoms. The first-order valence-corrected chi connectivity index (χ1v) is 5.60. The lowest BCUT2D eigenvalue weighted by molar-refractivity contribution is -0.140. The number of carbonyl (C=O) groups is 2. The molecule has 1 aromatic rings. The van der Waals surface area contributed by atoms with Gasteiger partial charge in [0.25, 0.3) is 0 Å². The summed E-state index contributed by atoms with van der Waals surface area (Å²) in [5, 5.41) is 8.77. The lowest BCUT2D eigenvalue weighted by atomic mass is 9.94. The standard InChI is InChI=1S/C12H9F5O4/c1-2-4(11(19)20)9(18)5-3-6(13)8(15)10(7(5)14)21-12(16)17/h3-4,12H,2H2,1H3,(H,19,20). The Balaban J connectivity index is 3.40. The molecule has 1 aromatic carbocycles. The Morgan fingerprint density at radius 1 is 1.24 bits per heavy atom. The van der Waals surface area contributed by atoms with Gasteiger partial charge in [-0.2, -0.15) is 13.2 Å². The summed E-state index contributed by atoms with van der Waals surface area (Å²) >= 11 is 0. The maximum absolute atomic E-state index is 13.8. The lowest BCUT2D eigenvalue weighted by Gasteiger charge is -2.13. The molecule has 116 valence electrons. The van der Waals surface area contributed by atoms with Crippen molar-refractivity contribution < 1.29 is 41.4 Å². The van der Waals surface area contributed by atoms with Gasteiger partial charge in [0.2, 0.25) is 11.6 Å². The summed E-state index contributed by atoms with van der Waals surface area (Å²) in [6.45, 7) is -2.36. The minimum Gasteiger partial charge on any atom is -0.481 e. The zero-order valence-electron chi connectivity index (χ0n) is 10.5. The van der Waals surface area contributed by atoms with Crippen molar-refractivity contribution in [2.75, 3.05) is 0 Å². The molecule has 1 rings (SSSR count). The largest absolute Gasteiger partial charge is 0.481 e. The normalized spacial score (nSPS) is 12.3. The lowest BCUT2D eigenvalue weighted by Crippen LogP contribution is -2.24. The summed E-state index contributed by atoms with van der Waals surface area (Å²) in [5.41, 5.74) is -1.17. The Hall–Kier alpha value is -2.19. The molecule has 1 atom stereocenters. The molecule has 21 heavy (non-hydrogen) atoms. The summed E-state index contributed by atoms with van der Waals surface area (Å²) in [7, 11) is 0. The van der Waals surface area contributed by atoms with E-state index >= 15 is 0 Å². The average Bonchev–Trinajstić information content (AvgIpc) is 2.38.